The van der Waals surface area contributed by atoms with Crippen molar-refractivity contribution in [2.75, 3.05) is 39.4 Å². The Labute approximate surface area is 138 Å². The summed E-state index contributed by atoms with van der Waals surface area (Å²) >= 11 is 0. The molecule has 0 spiro atoms. The lowest BCUT2D eigenvalue weighted by molar-refractivity contribution is -0.153. The molecule has 0 N–H and O–H groups in total. The van der Waals surface area contributed by atoms with E-state index in [4.69, 9.17) is 4.74 Å². The molecule has 0 aromatic heterocycles. The zero-order valence-electron chi connectivity index (χ0n) is 14.1. The summed E-state index contributed by atoms with van der Waals surface area (Å²) in [4.78, 5) is 29.8. The average molecular weight is 320 g/mol. The molecule has 0 unspecified atom stereocenters. The highest BCUT2D eigenvalue weighted by molar-refractivity contribution is 5.89. The van der Waals surface area contributed by atoms with E-state index < -0.39 is 0 Å². The van der Waals surface area contributed by atoms with Crippen molar-refractivity contribution in [3.63, 3.8) is 0 Å². The van der Waals surface area contributed by atoms with E-state index in [0.717, 1.165) is 32.4 Å². The maximum absolute atomic E-state index is 13.0. The second kappa shape index (κ2) is 7.47. The monoisotopic (exact) mass is 320 g/mol. The number of nitrogens with zero attached hydrogens (tertiary/aromatic N) is 2. The molecular weight excluding hydrogens is 292 g/mol. The summed E-state index contributed by atoms with van der Waals surface area (Å²) in [5.74, 6) is 0.258. The van der Waals surface area contributed by atoms with Gasteiger partial charge in [0.1, 0.15) is 0 Å². The van der Waals surface area contributed by atoms with Gasteiger partial charge in [-0.2, -0.15) is 0 Å². The van der Waals surface area contributed by atoms with Crippen molar-refractivity contribution >= 4 is 11.8 Å². The Morgan fingerprint density at radius 2 is 2.09 bits per heavy atom. The SMILES string of the molecule is CCCCN1CC[C@H]2C=CC[C@@H](C(=O)N3CCOCC3)[C@H]2C1=O. The van der Waals surface area contributed by atoms with Crippen molar-refractivity contribution in [3.05, 3.63) is 12.2 Å². The van der Waals surface area contributed by atoms with Crippen LogP contribution in [0.5, 0.6) is 0 Å². The summed E-state index contributed by atoms with van der Waals surface area (Å²) in [5, 5.41) is 0. The molecule has 0 aromatic rings. The van der Waals surface area contributed by atoms with Crippen LogP contribution in [0.25, 0.3) is 0 Å². The van der Waals surface area contributed by atoms with E-state index in [2.05, 4.69) is 19.1 Å². The van der Waals surface area contributed by atoms with E-state index in [1.165, 1.54) is 0 Å². The van der Waals surface area contributed by atoms with Crippen molar-refractivity contribution in [3.8, 4) is 0 Å². The molecule has 5 nitrogen and oxygen atoms in total. The number of hydrogen-bond acceptors (Lipinski definition) is 3. The van der Waals surface area contributed by atoms with Gasteiger partial charge < -0.3 is 14.5 Å². The van der Waals surface area contributed by atoms with Crippen LogP contribution in [-0.2, 0) is 14.3 Å². The zero-order valence-corrected chi connectivity index (χ0v) is 14.1. The maximum Gasteiger partial charge on any atom is 0.227 e. The number of unbranched alkanes of at least 4 members (excludes halogenated alkanes) is 1. The third kappa shape index (κ3) is 3.44. The first kappa shape index (κ1) is 16.5. The summed E-state index contributed by atoms with van der Waals surface area (Å²) in [6.07, 6.45) is 8.10. The molecule has 0 aromatic carbocycles. The Balaban J connectivity index is 1.73. The fourth-order valence-corrected chi connectivity index (χ4v) is 4.07. The Bertz CT molecular complexity index is 471. The predicted octanol–water partition coefficient (Wildman–Crippen LogP) is 1.69. The molecule has 2 fully saturated rings. The molecule has 23 heavy (non-hydrogen) atoms. The minimum atomic E-state index is -0.181. The number of likely N-dealkylation sites (tertiary alicyclic amines) is 1. The summed E-state index contributed by atoms with van der Waals surface area (Å²) in [5.41, 5.74) is 0. The molecule has 128 valence electrons. The van der Waals surface area contributed by atoms with Crippen LogP contribution in [0, 0.1) is 17.8 Å². The lowest BCUT2D eigenvalue weighted by Crippen LogP contribution is -2.53. The van der Waals surface area contributed by atoms with Crippen molar-refractivity contribution < 1.29 is 14.3 Å². The lowest BCUT2D eigenvalue weighted by Gasteiger charge is -2.43. The van der Waals surface area contributed by atoms with Crippen LogP contribution in [0.1, 0.15) is 32.6 Å². The Kier molecular flexibility index (Phi) is 5.36. The number of ether oxygens (including phenoxy) is 1. The second-order valence-corrected chi connectivity index (χ2v) is 6.87. The van der Waals surface area contributed by atoms with Gasteiger partial charge in [-0.1, -0.05) is 25.5 Å². The first-order chi connectivity index (χ1) is 11.2. The first-order valence-electron chi connectivity index (χ1n) is 9.04. The summed E-state index contributed by atoms with van der Waals surface area (Å²) < 4.78 is 5.34. The van der Waals surface area contributed by atoms with Gasteiger partial charge in [-0.15, -0.1) is 0 Å². The molecule has 0 radical (unpaired) electrons. The highest BCUT2D eigenvalue weighted by Gasteiger charge is 2.45. The average Bonchev–Trinajstić information content (AvgIpc) is 2.61. The highest BCUT2D eigenvalue weighted by Crippen LogP contribution is 2.38. The van der Waals surface area contributed by atoms with Crippen molar-refractivity contribution in [1.29, 1.82) is 0 Å². The van der Waals surface area contributed by atoms with E-state index in [1.807, 2.05) is 9.80 Å². The molecule has 5 heteroatoms. The topological polar surface area (TPSA) is 49.9 Å². The Hall–Kier alpha value is -1.36. The minimum absolute atomic E-state index is 0.151. The summed E-state index contributed by atoms with van der Waals surface area (Å²) in [7, 11) is 0. The number of amides is 2. The third-order valence-electron chi connectivity index (χ3n) is 5.42. The molecule has 0 bridgehead atoms. The van der Waals surface area contributed by atoms with E-state index in [-0.39, 0.29) is 29.6 Å². The quantitative estimate of drug-likeness (QED) is 0.741. The number of carbonyl (C=O) groups excluding carboxylic acids is 2. The zero-order chi connectivity index (χ0) is 16.2. The van der Waals surface area contributed by atoms with Crippen LogP contribution in [0.3, 0.4) is 0 Å². The molecule has 2 amide bonds. The number of rotatable bonds is 4. The normalized spacial score (nSPS) is 31.2. The molecule has 2 aliphatic heterocycles. The van der Waals surface area contributed by atoms with E-state index in [9.17, 15) is 9.59 Å². The molecule has 3 atom stereocenters. The predicted molar refractivity (Wildman–Crippen MR) is 87.7 cm³/mol. The number of carbonyl (C=O) groups is 2. The molecule has 2 heterocycles. The van der Waals surface area contributed by atoms with E-state index in [0.29, 0.717) is 32.7 Å². The van der Waals surface area contributed by atoms with Gasteiger partial charge in [-0.3, -0.25) is 9.59 Å². The smallest absolute Gasteiger partial charge is 0.227 e. The van der Waals surface area contributed by atoms with Gasteiger partial charge in [0.25, 0.3) is 0 Å². The molecular formula is C18H28N2O3. The van der Waals surface area contributed by atoms with E-state index >= 15 is 0 Å². The molecule has 1 aliphatic carbocycles. The van der Waals surface area contributed by atoms with Crippen molar-refractivity contribution in [2.45, 2.75) is 32.6 Å². The largest absolute Gasteiger partial charge is 0.378 e. The van der Waals surface area contributed by atoms with Crippen LogP contribution < -0.4 is 0 Å². The standard InChI is InChI=1S/C18H28N2O3/c1-2-3-8-19-9-7-14-5-4-6-15(16(14)18(19)22)17(21)20-10-12-23-13-11-20/h4-5,14-16H,2-3,6-13H2,1H3/t14-,15-,16+/m1/s1. The van der Waals surface area contributed by atoms with E-state index in [1.54, 1.807) is 0 Å². The Morgan fingerprint density at radius 1 is 1.30 bits per heavy atom. The summed E-state index contributed by atoms with van der Waals surface area (Å²) in [6, 6.07) is 0. The fraction of sp³-hybridized carbons (Fsp3) is 0.778. The number of morpholine rings is 1. The van der Waals surface area contributed by atoms with Crippen LogP contribution in [0.4, 0.5) is 0 Å². The van der Waals surface area contributed by atoms with Crippen LogP contribution >= 0.6 is 0 Å². The molecule has 2 saturated heterocycles. The van der Waals surface area contributed by atoms with Crippen molar-refractivity contribution in [2.24, 2.45) is 17.8 Å². The number of hydrogen-bond donors (Lipinski definition) is 0. The first-order valence-corrected chi connectivity index (χ1v) is 9.04. The maximum atomic E-state index is 13.0. The van der Waals surface area contributed by atoms with Gasteiger partial charge in [-0.25, -0.2) is 0 Å². The van der Waals surface area contributed by atoms with Crippen LogP contribution in [0.15, 0.2) is 12.2 Å². The van der Waals surface area contributed by atoms with Crippen LogP contribution in [0.2, 0.25) is 0 Å². The molecule has 3 rings (SSSR count). The van der Waals surface area contributed by atoms with Gasteiger partial charge in [0.2, 0.25) is 11.8 Å². The number of piperidine rings is 1. The lowest BCUT2D eigenvalue weighted by atomic mass is 9.71. The fourth-order valence-electron chi connectivity index (χ4n) is 4.07. The van der Waals surface area contributed by atoms with Gasteiger partial charge in [0, 0.05) is 26.2 Å². The highest BCUT2D eigenvalue weighted by atomic mass is 16.5. The third-order valence-corrected chi connectivity index (χ3v) is 5.42. The van der Waals surface area contributed by atoms with Gasteiger partial charge in [0.15, 0.2) is 0 Å². The molecule has 3 aliphatic rings. The second-order valence-electron chi connectivity index (χ2n) is 6.87. The van der Waals surface area contributed by atoms with Crippen LogP contribution in [-0.4, -0.2) is 61.0 Å². The van der Waals surface area contributed by atoms with Gasteiger partial charge in [0.05, 0.1) is 25.0 Å². The Morgan fingerprint density at radius 3 is 2.83 bits per heavy atom. The summed E-state index contributed by atoms with van der Waals surface area (Å²) in [6.45, 7) is 6.35. The number of allylic oxidation sites excluding steroid dienone is 2. The van der Waals surface area contributed by atoms with Crippen molar-refractivity contribution in [1.82, 2.24) is 9.80 Å². The van der Waals surface area contributed by atoms with Gasteiger partial charge in [-0.05, 0) is 25.2 Å². The number of fused-ring (bicyclic) bond motifs is 1. The molecule has 0 saturated carbocycles. The minimum Gasteiger partial charge on any atom is -0.378 e. The van der Waals surface area contributed by atoms with Gasteiger partial charge >= 0.3 is 0 Å².